The van der Waals surface area contributed by atoms with Gasteiger partial charge >= 0.3 is 0 Å². The number of rotatable bonds is 2. The lowest BCUT2D eigenvalue weighted by atomic mass is 10.1. The van der Waals surface area contributed by atoms with E-state index in [1.165, 1.54) is 24.9 Å². The van der Waals surface area contributed by atoms with Gasteiger partial charge in [-0.3, -0.25) is 0 Å². The number of hydrogen-bond acceptors (Lipinski definition) is 3. The van der Waals surface area contributed by atoms with E-state index in [9.17, 15) is 0 Å². The van der Waals surface area contributed by atoms with Crippen molar-refractivity contribution < 1.29 is 0 Å². The highest BCUT2D eigenvalue weighted by molar-refractivity contribution is 5.70. The molecule has 0 amide bonds. The van der Waals surface area contributed by atoms with Crippen LogP contribution in [0.25, 0.3) is 0 Å². The van der Waals surface area contributed by atoms with Crippen LogP contribution in [0, 0.1) is 0 Å². The molecule has 3 nitrogen and oxygen atoms in total. The van der Waals surface area contributed by atoms with Gasteiger partial charge < -0.3 is 16.4 Å². The third kappa shape index (κ3) is 1.87. The van der Waals surface area contributed by atoms with E-state index in [-0.39, 0.29) is 0 Å². The maximum absolute atomic E-state index is 5.82. The fourth-order valence-corrected chi connectivity index (χ4v) is 2.34. The number of nitrogen functional groups attached to an aromatic ring is 2. The van der Waals surface area contributed by atoms with Crippen molar-refractivity contribution in [3.8, 4) is 0 Å². The van der Waals surface area contributed by atoms with E-state index in [2.05, 4.69) is 17.9 Å². The van der Waals surface area contributed by atoms with Crippen LogP contribution in [0.1, 0.15) is 26.2 Å². The Morgan fingerprint density at radius 2 is 2.13 bits per heavy atom. The lowest BCUT2D eigenvalue weighted by Gasteiger charge is -2.26. The molecule has 82 valence electrons. The number of nitrogens with zero attached hydrogens (tertiary/aromatic N) is 1. The van der Waals surface area contributed by atoms with Crippen molar-refractivity contribution in [2.45, 2.75) is 32.2 Å². The highest BCUT2D eigenvalue weighted by atomic mass is 15.2. The molecule has 1 unspecified atom stereocenters. The van der Waals surface area contributed by atoms with Crippen LogP contribution in [0.3, 0.4) is 0 Å². The predicted octanol–water partition coefficient (Wildman–Crippen LogP) is 2.23. The van der Waals surface area contributed by atoms with Gasteiger partial charge in [0.05, 0.1) is 11.4 Å². The Balaban J connectivity index is 2.25. The average Bonchev–Trinajstić information content (AvgIpc) is 2.70. The van der Waals surface area contributed by atoms with Crippen LogP contribution in [-0.4, -0.2) is 12.6 Å². The number of hydrogen-bond donors (Lipinski definition) is 2. The Morgan fingerprint density at radius 3 is 2.80 bits per heavy atom. The first-order valence-electron chi connectivity index (χ1n) is 5.64. The Kier molecular flexibility index (Phi) is 2.71. The molecule has 0 saturated carbocycles. The van der Waals surface area contributed by atoms with Gasteiger partial charge in [-0.15, -0.1) is 0 Å². The Labute approximate surface area is 91.1 Å². The molecule has 1 fully saturated rings. The van der Waals surface area contributed by atoms with Gasteiger partial charge in [-0.05, 0) is 37.5 Å². The summed E-state index contributed by atoms with van der Waals surface area (Å²) in [7, 11) is 0. The van der Waals surface area contributed by atoms with Crippen LogP contribution in [-0.2, 0) is 0 Å². The Bertz CT molecular complexity index is 349. The summed E-state index contributed by atoms with van der Waals surface area (Å²) in [5.41, 5.74) is 14.1. The van der Waals surface area contributed by atoms with Crippen molar-refractivity contribution in [1.82, 2.24) is 0 Å². The van der Waals surface area contributed by atoms with Crippen LogP contribution in [0.4, 0.5) is 17.1 Å². The second kappa shape index (κ2) is 4.01. The summed E-state index contributed by atoms with van der Waals surface area (Å²) in [6.45, 7) is 3.38. The summed E-state index contributed by atoms with van der Waals surface area (Å²) in [5, 5.41) is 0. The maximum atomic E-state index is 5.82. The largest absolute Gasteiger partial charge is 0.397 e. The first kappa shape index (κ1) is 10.1. The standard InChI is InChI=1S/C12H19N3/c1-2-9-4-3-7-15(9)10-5-6-11(13)12(14)8-10/h5-6,8-9H,2-4,7,13-14H2,1H3. The van der Waals surface area contributed by atoms with Gasteiger partial charge in [0, 0.05) is 18.3 Å². The van der Waals surface area contributed by atoms with Gasteiger partial charge in [0.1, 0.15) is 0 Å². The lowest BCUT2D eigenvalue weighted by molar-refractivity contribution is 0.646. The minimum atomic E-state index is 0.672. The van der Waals surface area contributed by atoms with E-state index in [1.807, 2.05) is 12.1 Å². The van der Waals surface area contributed by atoms with Crippen LogP contribution in [0.15, 0.2) is 18.2 Å². The molecule has 1 aromatic rings. The zero-order valence-electron chi connectivity index (χ0n) is 9.24. The molecule has 1 aliphatic heterocycles. The van der Waals surface area contributed by atoms with Crippen LogP contribution >= 0.6 is 0 Å². The first-order chi connectivity index (χ1) is 7.22. The molecule has 0 aromatic heterocycles. The second-order valence-electron chi connectivity index (χ2n) is 4.21. The van der Waals surface area contributed by atoms with Gasteiger partial charge in [-0.2, -0.15) is 0 Å². The Hall–Kier alpha value is -1.38. The van der Waals surface area contributed by atoms with Crippen molar-refractivity contribution in [2.75, 3.05) is 22.9 Å². The molecular weight excluding hydrogens is 186 g/mol. The van der Waals surface area contributed by atoms with Crippen molar-refractivity contribution in [1.29, 1.82) is 0 Å². The van der Waals surface area contributed by atoms with E-state index < -0.39 is 0 Å². The molecule has 2 rings (SSSR count). The zero-order valence-corrected chi connectivity index (χ0v) is 9.24. The molecule has 1 aliphatic rings. The quantitative estimate of drug-likeness (QED) is 0.728. The van der Waals surface area contributed by atoms with Crippen molar-refractivity contribution in [3.63, 3.8) is 0 Å². The third-order valence-electron chi connectivity index (χ3n) is 3.25. The Morgan fingerprint density at radius 1 is 1.33 bits per heavy atom. The smallest absolute Gasteiger partial charge is 0.0568 e. The van der Waals surface area contributed by atoms with Gasteiger partial charge in [0.15, 0.2) is 0 Å². The van der Waals surface area contributed by atoms with E-state index in [0.29, 0.717) is 17.4 Å². The summed E-state index contributed by atoms with van der Waals surface area (Å²) < 4.78 is 0. The third-order valence-corrected chi connectivity index (χ3v) is 3.25. The SMILES string of the molecule is CCC1CCCN1c1ccc(N)c(N)c1. The molecule has 1 saturated heterocycles. The van der Waals surface area contributed by atoms with E-state index in [0.717, 1.165) is 6.54 Å². The molecule has 0 spiro atoms. The fraction of sp³-hybridized carbons (Fsp3) is 0.500. The van der Waals surface area contributed by atoms with Crippen molar-refractivity contribution in [3.05, 3.63) is 18.2 Å². The molecule has 15 heavy (non-hydrogen) atoms. The first-order valence-corrected chi connectivity index (χ1v) is 5.64. The molecular formula is C12H19N3. The molecule has 3 heteroatoms. The fourth-order valence-electron chi connectivity index (χ4n) is 2.34. The summed E-state index contributed by atoms with van der Waals surface area (Å²) >= 11 is 0. The monoisotopic (exact) mass is 205 g/mol. The molecule has 1 atom stereocenters. The van der Waals surface area contributed by atoms with Crippen molar-refractivity contribution in [2.24, 2.45) is 0 Å². The van der Waals surface area contributed by atoms with Crippen LogP contribution in [0.2, 0.25) is 0 Å². The van der Waals surface area contributed by atoms with E-state index in [1.54, 1.807) is 0 Å². The molecule has 0 aliphatic carbocycles. The lowest BCUT2D eigenvalue weighted by Crippen LogP contribution is -2.28. The highest BCUT2D eigenvalue weighted by Gasteiger charge is 2.23. The molecule has 0 radical (unpaired) electrons. The minimum Gasteiger partial charge on any atom is -0.397 e. The number of anilines is 3. The summed E-state index contributed by atoms with van der Waals surface area (Å²) in [4.78, 5) is 2.44. The highest BCUT2D eigenvalue weighted by Crippen LogP contribution is 2.30. The van der Waals surface area contributed by atoms with E-state index >= 15 is 0 Å². The molecule has 4 N–H and O–H groups in total. The molecule has 1 heterocycles. The molecule has 0 bridgehead atoms. The summed E-state index contributed by atoms with van der Waals surface area (Å²) in [5.74, 6) is 0. The zero-order chi connectivity index (χ0) is 10.8. The topological polar surface area (TPSA) is 55.3 Å². The minimum absolute atomic E-state index is 0.672. The van der Waals surface area contributed by atoms with Gasteiger partial charge in [0.2, 0.25) is 0 Å². The summed E-state index contributed by atoms with van der Waals surface area (Å²) in [6.07, 6.45) is 3.77. The summed E-state index contributed by atoms with van der Waals surface area (Å²) in [6, 6.07) is 6.63. The van der Waals surface area contributed by atoms with Gasteiger partial charge in [-0.1, -0.05) is 6.92 Å². The van der Waals surface area contributed by atoms with E-state index in [4.69, 9.17) is 11.5 Å². The normalized spacial score (nSPS) is 20.9. The molecule has 1 aromatic carbocycles. The maximum Gasteiger partial charge on any atom is 0.0568 e. The predicted molar refractivity (Wildman–Crippen MR) is 65.9 cm³/mol. The van der Waals surface area contributed by atoms with Crippen LogP contribution in [0.5, 0.6) is 0 Å². The second-order valence-corrected chi connectivity index (χ2v) is 4.21. The average molecular weight is 205 g/mol. The van der Waals surface area contributed by atoms with Crippen molar-refractivity contribution >= 4 is 17.1 Å². The number of nitrogens with two attached hydrogens (primary N) is 2. The van der Waals surface area contributed by atoms with Gasteiger partial charge in [0.25, 0.3) is 0 Å². The van der Waals surface area contributed by atoms with Gasteiger partial charge in [-0.25, -0.2) is 0 Å². The van der Waals surface area contributed by atoms with Crippen LogP contribution < -0.4 is 16.4 Å². The number of benzene rings is 1.